The van der Waals surface area contributed by atoms with Crippen LogP contribution in [0, 0.1) is 0 Å². The maximum absolute atomic E-state index is 12.2. The van der Waals surface area contributed by atoms with Crippen molar-refractivity contribution in [3.05, 3.63) is 16.5 Å². The number of sulfonamides is 1. The molecule has 0 saturated carbocycles. The fourth-order valence-corrected chi connectivity index (χ4v) is 5.30. The summed E-state index contributed by atoms with van der Waals surface area (Å²) in [6.07, 6.45) is 0. The maximum Gasteiger partial charge on any atom is 0.253 e. The third-order valence-corrected chi connectivity index (χ3v) is 6.86. The molecule has 1 aromatic heterocycles. The van der Waals surface area contributed by atoms with E-state index < -0.39 is 10.0 Å². The molecule has 0 saturated heterocycles. The number of rotatable bonds is 2. The SMILES string of the molecule is CC(C)c1cc2c(s1)S(=O)(=O)N(C(C)C)C2. The zero-order chi connectivity index (χ0) is 12.1. The lowest BCUT2D eigenvalue weighted by atomic mass is 10.1. The molecule has 0 aliphatic carbocycles. The quantitative estimate of drug-likeness (QED) is 0.819. The van der Waals surface area contributed by atoms with Crippen molar-refractivity contribution in [3.63, 3.8) is 0 Å². The largest absolute Gasteiger partial charge is 0.253 e. The first-order chi connectivity index (χ1) is 7.34. The average Bonchev–Trinajstić information content (AvgIpc) is 2.65. The Morgan fingerprint density at radius 3 is 2.38 bits per heavy atom. The number of fused-ring (bicyclic) bond motifs is 1. The first-order valence-corrected chi connectivity index (χ1v) is 7.74. The minimum absolute atomic E-state index is 0.0344. The predicted molar refractivity (Wildman–Crippen MR) is 66.3 cm³/mol. The Morgan fingerprint density at radius 1 is 1.31 bits per heavy atom. The Hall–Kier alpha value is -0.390. The van der Waals surface area contributed by atoms with E-state index in [1.165, 1.54) is 11.3 Å². The average molecular weight is 259 g/mol. The van der Waals surface area contributed by atoms with Gasteiger partial charge >= 0.3 is 0 Å². The van der Waals surface area contributed by atoms with Gasteiger partial charge < -0.3 is 0 Å². The van der Waals surface area contributed by atoms with Crippen LogP contribution in [0.2, 0.25) is 0 Å². The van der Waals surface area contributed by atoms with Gasteiger partial charge in [0.05, 0.1) is 0 Å². The van der Waals surface area contributed by atoms with Crippen LogP contribution in [0.15, 0.2) is 10.3 Å². The second-order valence-corrected chi connectivity index (χ2v) is 7.93. The van der Waals surface area contributed by atoms with Gasteiger partial charge in [0.1, 0.15) is 4.21 Å². The Kier molecular flexibility index (Phi) is 2.88. The van der Waals surface area contributed by atoms with Crippen LogP contribution in [0.1, 0.15) is 44.1 Å². The monoisotopic (exact) mass is 259 g/mol. The molecule has 0 atom stereocenters. The number of hydrogen-bond donors (Lipinski definition) is 0. The van der Waals surface area contributed by atoms with E-state index in [1.807, 2.05) is 19.9 Å². The summed E-state index contributed by atoms with van der Waals surface area (Å²) in [6, 6.07) is 2.08. The highest BCUT2D eigenvalue weighted by Gasteiger charge is 2.38. The van der Waals surface area contributed by atoms with Gasteiger partial charge in [-0.05, 0) is 31.4 Å². The summed E-state index contributed by atoms with van der Waals surface area (Å²) in [5.74, 6) is 0.401. The van der Waals surface area contributed by atoms with Crippen molar-refractivity contribution < 1.29 is 8.42 Å². The zero-order valence-electron chi connectivity index (χ0n) is 10.0. The van der Waals surface area contributed by atoms with E-state index >= 15 is 0 Å². The molecule has 0 N–H and O–H groups in total. The van der Waals surface area contributed by atoms with Crippen LogP contribution in [-0.2, 0) is 16.6 Å². The topological polar surface area (TPSA) is 37.4 Å². The molecule has 2 heterocycles. The third kappa shape index (κ3) is 1.71. The molecule has 0 amide bonds. The van der Waals surface area contributed by atoms with Crippen molar-refractivity contribution in [1.82, 2.24) is 4.31 Å². The van der Waals surface area contributed by atoms with Crippen LogP contribution >= 0.6 is 11.3 Å². The van der Waals surface area contributed by atoms with E-state index in [-0.39, 0.29) is 6.04 Å². The summed E-state index contributed by atoms with van der Waals surface area (Å²) < 4.78 is 26.5. The third-order valence-electron chi connectivity index (χ3n) is 2.80. The molecule has 90 valence electrons. The molecule has 1 aliphatic heterocycles. The highest BCUT2D eigenvalue weighted by atomic mass is 32.2. The molecule has 1 aliphatic rings. The van der Waals surface area contributed by atoms with Gasteiger partial charge in [-0.1, -0.05) is 13.8 Å². The summed E-state index contributed by atoms with van der Waals surface area (Å²) >= 11 is 1.43. The lowest BCUT2D eigenvalue weighted by Crippen LogP contribution is -2.31. The van der Waals surface area contributed by atoms with Gasteiger partial charge in [0.2, 0.25) is 0 Å². The second-order valence-electron chi connectivity index (χ2n) is 4.76. The number of thiophene rings is 1. The summed E-state index contributed by atoms with van der Waals surface area (Å²) in [5.41, 5.74) is 0.974. The van der Waals surface area contributed by atoms with Crippen LogP contribution in [0.25, 0.3) is 0 Å². The molecular formula is C11H17NO2S2. The Bertz CT molecular complexity index is 500. The van der Waals surface area contributed by atoms with Crippen molar-refractivity contribution >= 4 is 21.4 Å². The van der Waals surface area contributed by atoms with E-state index in [1.54, 1.807) is 4.31 Å². The maximum atomic E-state index is 12.2. The molecule has 5 heteroatoms. The fraction of sp³-hybridized carbons (Fsp3) is 0.636. The zero-order valence-corrected chi connectivity index (χ0v) is 11.7. The van der Waals surface area contributed by atoms with Crippen LogP contribution in [-0.4, -0.2) is 18.8 Å². The molecule has 1 aromatic rings. The molecular weight excluding hydrogens is 242 g/mol. The van der Waals surface area contributed by atoms with Gasteiger partial charge in [0, 0.05) is 17.5 Å². The van der Waals surface area contributed by atoms with E-state index in [9.17, 15) is 8.42 Å². The van der Waals surface area contributed by atoms with Crippen LogP contribution in [0.5, 0.6) is 0 Å². The van der Waals surface area contributed by atoms with Crippen molar-refractivity contribution in [2.75, 3.05) is 0 Å². The molecule has 16 heavy (non-hydrogen) atoms. The van der Waals surface area contributed by atoms with Gasteiger partial charge in [0.15, 0.2) is 0 Å². The molecule has 0 radical (unpaired) electrons. The minimum Gasteiger partial charge on any atom is -0.206 e. The van der Waals surface area contributed by atoms with E-state index in [0.717, 1.165) is 10.4 Å². The minimum atomic E-state index is -3.21. The van der Waals surface area contributed by atoms with Gasteiger partial charge in [-0.2, -0.15) is 4.31 Å². The highest BCUT2D eigenvalue weighted by Crippen LogP contribution is 2.40. The van der Waals surface area contributed by atoms with E-state index in [4.69, 9.17) is 0 Å². The van der Waals surface area contributed by atoms with Gasteiger partial charge in [-0.15, -0.1) is 11.3 Å². The van der Waals surface area contributed by atoms with Gasteiger partial charge in [-0.3, -0.25) is 0 Å². The number of hydrogen-bond acceptors (Lipinski definition) is 3. The number of nitrogens with zero attached hydrogens (tertiary/aromatic N) is 1. The van der Waals surface area contributed by atoms with Gasteiger partial charge in [0.25, 0.3) is 10.0 Å². The summed E-state index contributed by atoms with van der Waals surface area (Å²) in [5, 5.41) is 0. The van der Waals surface area contributed by atoms with Crippen LogP contribution in [0.4, 0.5) is 0 Å². The smallest absolute Gasteiger partial charge is 0.206 e. The van der Waals surface area contributed by atoms with Crippen molar-refractivity contribution in [1.29, 1.82) is 0 Å². The van der Waals surface area contributed by atoms with Crippen molar-refractivity contribution in [2.45, 2.75) is 50.4 Å². The molecule has 0 fully saturated rings. The van der Waals surface area contributed by atoms with E-state index in [2.05, 4.69) is 13.8 Å². The van der Waals surface area contributed by atoms with Crippen molar-refractivity contribution in [3.8, 4) is 0 Å². The normalized spacial score (nSPS) is 19.6. The molecule has 0 unspecified atom stereocenters. The molecule has 3 nitrogen and oxygen atoms in total. The molecule has 2 rings (SSSR count). The standard InChI is InChI=1S/C11H17NO2S2/c1-7(2)10-5-9-6-12(8(3)4)16(13,14)11(9)15-10/h5,7-8H,6H2,1-4H3. The summed E-state index contributed by atoms with van der Waals surface area (Å²) in [6.45, 7) is 8.55. The lowest BCUT2D eigenvalue weighted by Gasteiger charge is -2.18. The lowest BCUT2D eigenvalue weighted by molar-refractivity contribution is 0.363. The second kappa shape index (κ2) is 3.82. The Morgan fingerprint density at radius 2 is 1.94 bits per heavy atom. The Balaban J connectivity index is 2.47. The summed E-state index contributed by atoms with van der Waals surface area (Å²) in [4.78, 5) is 1.16. The van der Waals surface area contributed by atoms with Crippen LogP contribution in [0.3, 0.4) is 0 Å². The Labute approximate surface area is 101 Å². The molecule has 0 aromatic carbocycles. The van der Waals surface area contributed by atoms with Crippen molar-refractivity contribution in [2.24, 2.45) is 0 Å². The molecule has 0 bridgehead atoms. The highest BCUT2D eigenvalue weighted by molar-refractivity contribution is 7.91. The molecule has 0 spiro atoms. The predicted octanol–water partition coefficient (Wildman–Crippen LogP) is 2.78. The fourth-order valence-electron chi connectivity index (χ4n) is 1.87. The van der Waals surface area contributed by atoms with Gasteiger partial charge in [-0.25, -0.2) is 8.42 Å². The van der Waals surface area contributed by atoms with E-state index in [0.29, 0.717) is 16.7 Å². The first-order valence-electron chi connectivity index (χ1n) is 5.48. The summed E-state index contributed by atoms with van der Waals surface area (Å²) in [7, 11) is -3.21. The van der Waals surface area contributed by atoms with Crippen LogP contribution < -0.4 is 0 Å². The first kappa shape index (κ1) is 12.1.